The summed E-state index contributed by atoms with van der Waals surface area (Å²) in [5, 5.41) is 23.6. The van der Waals surface area contributed by atoms with Gasteiger partial charge in [-0.3, -0.25) is 4.79 Å². The lowest BCUT2D eigenvalue weighted by atomic mass is 10.1. The van der Waals surface area contributed by atoms with Crippen LogP contribution in [-0.2, 0) is 4.79 Å². The Kier molecular flexibility index (Phi) is 5.63. The zero-order valence-corrected chi connectivity index (χ0v) is 13.8. The lowest BCUT2D eigenvalue weighted by Gasteiger charge is -2.27. The van der Waals surface area contributed by atoms with Crippen molar-refractivity contribution in [2.45, 2.75) is 24.9 Å². The van der Waals surface area contributed by atoms with Crippen molar-refractivity contribution in [1.29, 1.82) is 0 Å². The zero-order valence-electron chi connectivity index (χ0n) is 13.8. The summed E-state index contributed by atoms with van der Waals surface area (Å²) >= 11 is 0. The Morgan fingerprint density at radius 2 is 2.12 bits per heavy atom. The lowest BCUT2D eigenvalue weighted by molar-refractivity contribution is -0.117. The average molecular weight is 337 g/mol. The fourth-order valence-electron chi connectivity index (χ4n) is 2.46. The van der Waals surface area contributed by atoms with Crippen molar-refractivity contribution in [2.75, 3.05) is 31.8 Å². The molecule has 0 aliphatic carbocycles. The Morgan fingerprint density at radius 3 is 2.75 bits per heavy atom. The predicted octanol–water partition coefficient (Wildman–Crippen LogP) is -0.157. The monoisotopic (exact) mass is 337 g/mol. The van der Waals surface area contributed by atoms with Gasteiger partial charge >= 0.3 is 6.03 Å². The minimum absolute atomic E-state index is 0.0966. The molecule has 4 N–H and O–H groups in total. The summed E-state index contributed by atoms with van der Waals surface area (Å²) in [6.07, 6.45) is 0.180. The molecule has 1 fully saturated rings. The summed E-state index contributed by atoms with van der Waals surface area (Å²) in [5.41, 5.74) is -0.404. The van der Waals surface area contributed by atoms with Crippen molar-refractivity contribution < 1.29 is 24.5 Å². The Balaban J connectivity index is 1.98. The van der Waals surface area contributed by atoms with Gasteiger partial charge in [-0.2, -0.15) is 0 Å². The Bertz CT molecular complexity index is 603. The van der Waals surface area contributed by atoms with Crippen LogP contribution >= 0.6 is 0 Å². The highest BCUT2D eigenvalue weighted by Crippen LogP contribution is 2.25. The molecule has 1 atom stereocenters. The van der Waals surface area contributed by atoms with E-state index in [1.165, 1.54) is 6.92 Å². The molecule has 1 heterocycles. The molecule has 0 spiro atoms. The smallest absolute Gasteiger partial charge is 0.315 e. The Labute approximate surface area is 140 Å². The van der Waals surface area contributed by atoms with Crippen molar-refractivity contribution in [3.8, 4) is 5.75 Å². The molecular formula is C16H23N3O5. The number of nitrogens with zero attached hydrogens (tertiary/aromatic N) is 1. The first-order chi connectivity index (χ1) is 11.4. The molecule has 132 valence electrons. The molecule has 0 aromatic heterocycles. The highest BCUT2D eigenvalue weighted by atomic mass is 16.5. The van der Waals surface area contributed by atoms with Crippen LogP contribution in [0.2, 0.25) is 0 Å². The molecule has 0 unspecified atom stereocenters. The quantitative estimate of drug-likeness (QED) is 0.577. The fourth-order valence-corrected chi connectivity index (χ4v) is 2.46. The number of hydrogen-bond acceptors (Lipinski definition) is 5. The number of hydrogen-bond donors (Lipinski definition) is 4. The molecule has 2 rings (SSSR count). The molecule has 3 amide bonds. The first-order valence-corrected chi connectivity index (χ1v) is 7.65. The normalized spacial score (nSPS) is 17.8. The summed E-state index contributed by atoms with van der Waals surface area (Å²) < 4.78 is 5.16. The minimum Gasteiger partial charge on any atom is -0.497 e. The summed E-state index contributed by atoms with van der Waals surface area (Å²) in [6, 6.07) is 6.25. The van der Waals surface area contributed by atoms with Crippen LogP contribution in [0.1, 0.15) is 13.3 Å². The Hall–Kier alpha value is -2.32. The van der Waals surface area contributed by atoms with Crippen LogP contribution in [0.3, 0.4) is 0 Å². The van der Waals surface area contributed by atoms with E-state index in [1.807, 2.05) is 0 Å². The number of nitrogens with one attached hydrogen (secondary N) is 2. The third-order valence-corrected chi connectivity index (χ3v) is 3.94. The molecule has 8 nitrogen and oxygen atoms in total. The van der Waals surface area contributed by atoms with Crippen LogP contribution < -0.4 is 20.3 Å². The maximum atomic E-state index is 12.2. The number of aliphatic hydroxyl groups excluding tert-OH is 2. The van der Waals surface area contributed by atoms with Crippen LogP contribution in [0, 0.1) is 0 Å². The van der Waals surface area contributed by atoms with Gasteiger partial charge in [0.15, 0.2) is 0 Å². The van der Waals surface area contributed by atoms with E-state index in [0.717, 1.165) is 0 Å². The second-order valence-electron chi connectivity index (χ2n) is 6.08. The molecule has 1 aromatic rings. The van der Waals surface area contributed by atoms with E-state index < -0.39 is 24.8 Å². The second-order valence-corrected chi connectivity index (χ2v) is 6.08. The van der Waals surface area contributed by atoms with Crippen molar-refractivity contribution in [3.63, 3.8) is 0 Å². The first-order valence-electron chi connectivity index (χ1n) is 7.65. The third-order valence-electron chi connectivity index (χ3n) is 3.94. The van der Waals surface area contributed by atoms with Gasteiger partial charge in [-0.05, 0) is 19.1 Å². The number of methoxy groups -OCH3 is 1. The number of rotatable bonds is 6. The molecule has 0 bridgehead atoms. The Morgan fingerprint density at radius 1 is 1.42 bits per heavy atom. The molecular weight excluding hydrogens is 314 g/mol. The molecule has 1 aromatic carbocycles. The largest absolute Gasteiger partial charge is 0.497 e. The molecule has 24 heavy (non-hydrogen) atoms. The third kappa shape index (κ3) is 4.15. The van der Waals surface area contributed by atoms with E-state index >= 15 is 0 Å². The summed E-state index contributed by atoms with van der Waals surface area (Å²) in [7, 11) is 1.55. The number of urea groups is 1. The molecule has 0 radical (unpaired) electrons. The van der Waals surface area contributed by atoms with E-state index in [2.05, 4.69) is 10.6 Å². The number of carbonyl (C=O) groups is 2. The second kappa shape index (κ2) is 7.50. The number of benzene rings is 1. The summed E-state index contributed by atoms with van der Waals surface area (Å²) in [4.78, 5) is 25.8. The van der Waals surface area contributed by atoms with Crippen LogP contribution in [0.25, 0.3) is 0 Å². The first kappa shape index (κ1) is 18.0. The highest BCUT2D eigenvalue weighted by Gasteiger charge is 2.33. The van der Waals surface area contributed by atoms with Crippen molar-refractivity contribution in [3.05, 3.63) is 24.3 Å². The van der Waals surface area contributed by atoms with Gasteiger partial charge in [-0.25, -0.2) is 4.79 Å². The number of anilines is 1. The molecule has 8 heteroatoms. The fraction of sp³-hybridized carbons (Fsp3) is 0.500. The van der Waals surface area contributed by atoms with Crippen molar-refractivity contribution in [1.82, 2.24) is 10.6 Å². The van der Waals surface area contributed by atoms with Crippen LogP contribution in [0.15, 0.2) is 24.3 Å². The number of ether oxygens (including phenoxy) is 1. The topological polar surface area (TPSA) is 111 Å². The van der Waals surface area contributed by atoms with Crippen LogP contribution in [0.4, 0.5) is 10.5 Å². The van der Waals surface area contributed by atoms with Gasteiger partial charge in [0, 0.05) is 24.7 Å². The van der Waals surface area contributed by atoms with Gasteiger partial charge in [0.25, 0.3) is 0 Å². The molecule has 1 aliphatic rings. The van der Waals surface area contributed by atoms with E-state index in [4.69, 9.17) is 4.74 Å². The van der Waals surface area contributed by atoms with Gasteiger partial charge in [0.05, 0.1) is 31.9 Å². The lowest BCUT2D eigenvalue weighted by Crippen LogP contribution is -2.56. The van der Waals surface area contributed by atoms with Gasteiger partial charge in [-0.1, -0.05) is 6.07 Å². The van der Waals surface area contributed by atoms with Gasteiger partial charge in [0.2, 0.25) is 5.91 Å². The van der Waals surface area contributed by atoms with Gasteiger partial charge in [0.1, 0.15) is 5.75 Å². The summed E-state index contributed by atoms with van der Waals surface area (Å²) in [5.74, 6) is 0.553. The van der Waals surface area contributed by atoms with Gasteiger partial charge < -0.3 is 30.5 Å². The van der Waals surface area contributed by atoms with E-state index in [1.54, 1.807) is 36.3 Å². The van der Waals surface area contributed by atoms with Crippen molar-refractivity contribution >= 4 is 17.6 Å². The van der Waals surface area contributed by atoms with Gasteiger partial charge in [-0.15, -0.1) is 0 Å². The highest BCUT2D eigenvalue weighted by molar-refractivity contribution is 5.97. The standard InChI is InChI=1S/C16H23N3O5/c1-16(9-20,10-21)18-15(23)17-11-6-14(22)19(8-11)12-4-3-5-13(7-12)24-2/h3-5,7,11,20-21H,6,8-10H2,1-2H3,(H2,17,18,23)/t11-/m0/s1. The predicted molar refractivity (Wildman–Crippen MR) is 88.0 cm³/mol. The van der Waals surface area contributed by atoms with E-state index in [-0.39, 0.29) is 18.4 Å². The molecule has 0 saturated carbocycles. The van der Waals surface area contributed by atoms with Crippen LogP contribution in [0.5, 0.6) is 5.75 Å². The summed E-state index contributed by atoms with van der Waals surface area (Å²) in [6.45, 7) is 1.08. The average Bonchev–Trinajstić information content (AvgIpc) is 2.94. The van der Waals surface area contributed by atoms with E-state index in [9.17, 15) is 19.8 Å². The van der Waals surface area contributed by atoms with Crippen molar-refractivity contribution in [2.24, 2.45) is 0 Å². The molecule has 1 aliphatic heterocycles. The molecule has 1 saturated heterocycles. The van der Waals surface area contributed by atoms with Crippen LogP contribution in [-0.4, -0.2) is 60.6 Å². The maximum absolute atomic E-state index is 12.2. The number of aliphatic hydroxyl groups is 2. The SMILES string of the molecule is COc1cccc(N2C[C@@H](NC(=O)NC(C)(CO)CO)CC2=O)c1. The van der Waals surface area contributed by atoms with E-state index in [0.29, 0.717) is 18.0 Å². The number of amides is 3. The minimum atomic E-state index is -1.11. The maximum Gasteiger partial charge on any atom is 0.315 e. The number of carbonyl (C=O) groups excluding carboxylic acids is 2. The zero-order chi connectivity index (χ0) is 17.7.